The molecule has 2 aromatic rings. The molecule has 2 rings (SSSR count). The Kier molecular flexibility index (Phi) is 8.11. The van der Waals surface area contributed by atoms with Crippen LogP contribution in [-0.2, 0) is 12.8 Å². The lowest BCUT2D eigenvalue weighted by molar-refractivity contribution is 0.0983. The molecule has 1 heterocycles. The number of ketones is 1. The maximum atomic E-state index is 12.3. The van der Waals surface area contributed by atoms with Gasteiger partial charge in [-0.05, 0) is 68.9 Å². The van der Waals surface area contributed by atoms with Crippen LogP contribution in [-0.4, -0.2) is 23.0 Å². The molecule has 142 valence electrons. The molecule has 26 heavy (non-hydrogen) atoms. The topological polar surface area (TPSA) is 63.3 Å². The van der Waals surface area contributed by atoms with Gasteiger partial charge in [-0.1, -0.05) is 29.3 Å². The summed E-state index contributed by atoms with van der Waals surface area (Å²) in [5.74, 6) is 0.188. The zero-order chi connectivity index (χ0) is 19.2. The van der Waals surface area contributed by atoms with Gasteiger partial charge in [-0.3, -0.25) is 4.79 Å². The van der Waals surface area contributed by atoms with Crippen molar-refractivity contribution in [2.45, 2.75) is 51.0 Å². The summed E-state index contributed by atoms with van der Waals surface area (Å²) in [4.78, 5) is 14.3. The van der Waals surface area contributed by atoms with E-state index in [-0.39, 0.29) is 12.4 Å². The van der Waals surface area contributed by atoms with Gasteiger partial charge >= 0.3 is 0 Å². The predicted molar refractivity (Wildman–Crippen MR) is 111 cm³/mol. The first-order valence-electron chi connectivity index (χ1n) is 8.76. The molecule has 0 bridgehead atoms. The number of aliphatic hydroxyl groups excluding tert-OH is 1. The first-order valence-corrected chi connectivity index (χ1v) is 10.3. The van der Waals surface area contributed by atoms with E-state index in [1.54, 1.807) is 6.07 Å². The molecule has 0 radical (unpaired) electrons. The highest BCUT2D eigenvalue weighted by Gasteiger charge is 2.17. The van der Waals surface area contributed by atoms with Crippen molar-refractivity contribution in [3.63, 3.8) is 0 Å². The summed E-state index contributed by atoms with van der Waals surface area (Å²) in [5, 5.41) is 10.3. The van der Waals surface area contributed by atoms with Gasteiger partial charge in [0, 0.05) is 16.8 Å². The van der Waals surface area contributed by atoms with Crippen molar-refractivity contribution in [1.82, 2.24) is 0 Å². The number of thiophene rings is 1. The second-order valence-electron chi connectivity index (χ2n) is 6.96. The fourth-order valence-electron chi connectivity index (χ4n) is 2.58. The summed E-state index contributed by atoms with van der Waals surface area (Å²) >= 11 is 13.5. The monoisotopic (exact) mass is 413 g/mol. The van der Waals surface area contributed by atoms with Crippen molar-refractivity contribution < 1.29 is 9.90 Å². The van der Waals surface area contributed by atoms with Crippen molar-refractivity contribution in [2.75, 3.05) is 6.61 Å². The van der Waals surface area contributed by atoms with Gasteiger partial charge < -0.3 is 10.8 Å². The molecule has 3 N–H and O–H groups in total. The Morgan fingerprint density at radius 2 is 1.92 bits per heavy atom. The van der Waals surface area contributed by atoms with Crippen molar-refractivity contribution in [3.05, 3.63) is 55.7 Å². The molecular formula is C20H25Cl2NO2S. The van der Waals surface area contributed by atoms with Gasteiger partial charge in [0.25, 0.3) is 0 Å². The Hall–Kier alpha value is -0.910. The molecule has 1 atom stereocenters. The van der Waals surface area contributed by atoms with Crippen LogP contribution in [0.25, 0.3) is 0 Å². The zero-order valence-electron chi connectivity index (χ0n) is 14.9. The minimum absolute atomic E-state index is 0.0387. The third-order valence-electron chi connectivity index (χ3n) is 4.34. The summed E-state index contributed by atoms with van der Waals surface area (Å²) in [6.45, 7) is 1.80. The third kappa shape index (κ3) is 6.67. The van der Waals surface area contributed by atoms with Crippen LogP contribution in [0, 0.1) is 0 Å². The van der Waals surface area contributed by atoms with E-state index in [1.807, 2.05) is 31.2 Å². The van der Waals surface area contributed by atoms with Gasteiger partial charge in [0.2, 0.25) is 0 Å². The maximum absolute atomic E-state index is 12.3. The Morgan fingerprint density at radius 1 is 1.15 bits per heavy atom. The minimum Gasteiger partial charge on any atom is -0.394 e. The molecule has 0 aliphatic rings. The zero-order valence-corrected chi connectivity index (χ0v) is 17.3. The summed E-state index contributed by atoms with van der Waals surface area (Å²) in [7, 11) is 0. The maximum Gasteiger partial charge on any atom is 0.172 e. The molecule has 0 fully saturated rings. The average Bonchev–Trinajstić information content (AvgIpc) is 3.09. The van der Waals surface area contributed by atoms with Crippen molar-refractivity contribution >= 4 is 40.3 Å². The molecule has 1 aromatic heterocycles. The number of nitrogens with two attached hydrogens (primary N) is 1. The smallest absolute Gasteiger partial charge is 0.172 e. The molecule has 0 spiro atoms. The number of hydrogen-bond donors (Lipinski definition) is 2. The summed E-state index contributed by atoms with van der Waals surface area (Å²) in [6.07, 6.45) is 4.69. The van der Waals surface area contributed by atoms with Gasteiger partial charge in [0.05, 0.1) is 21.5 Å². The number of carbonyl (C=O) groups excluding carboxylic acids is 1. The van der Waals surface area contributed by atoms with E-state index in [2.05, 4.69) is 0 Å². The Labute approximate surface area is 169 Å². The number of halogens is 2. The number of Topliss-reactive ketones (excluding diaryl/α,β-unsaturated/α-hetero) is 1. The fraction of sp³-hybridized carbons (Fsp3) is 0.450. The number of benzene rings is 1. The van der Waals surface area contributed by atoms with Crippen LogP contribution in [0.2, 0.25) is 10.0 Å². The first kappa shape index (κ1) is 21.4. The number of aliphatic hydroxyl groups is 1. The number of aryl methyl sites for hydroxylation is 2. The second-order valence-corrected chi connectivity index (χ2v) is 8.94. The normalized spacial score (nSPS) is 13.6. The quantitative estimate of drug-likeness (QED) is 0.410. The van der Waals surface area contributed by atoms with E-state index >= 15 is 0 Å². The Bertz CT molecular complexity index is 743. The van der Waals surface area contributed by atoms with E-state index in [9.17, 15) is 9.90 Å². The van der Waals surface area contributed by atoms with Crippen LogP contribution in [0.3, 0.4) is 0 Å². The average molecular weight is 414 g/mol. The van der Waals surface area contributed by atoms with E-state index in [0.717, 1.165) is 41.0 Å². The third-order valence-corrected chi connectivity index (χ3v) is 6.27. The van der Waals surface area contributed by atoms with Crippen molar-refractivity contribution in [3.8, 4) is 0 Å². The Morgan fingerprint density at radius 3 is 2.62 bits per heavy atom. The largest absolute Gasteiger partial charge is 0.394 e. The fourth-order valence-corrected chi connectivity index (χ4v) is 3.88. The minimum atomic E-state index is -0.571. The highest BCUT2D eigenvalue weighted by Crippen LogP contribution is 2.24. The number of rotatable bonds is 10. The van der Waals surface area contributed by atoms with Crippen LogP contribution in [0.1, 0.15) is 52.7 Å². The molecule has 6 heteroatoms. The number of hydrogen-bond acceptors (Lipinski definition) is 4. The lowest BCUT2D eigenvalue weighted by Crippen LogP contribution is -2.40. The van der Waals surface area contributed by atoms with Gasteiger partial charge in [-0.25, -0.2) is 0 Å². The van der Waals surface area contributed by atoms with Gasteiger partial charge in [-0.2, -0.15) is 0 Å². The Balaban J connectivity index is 1.75. The molecular weight excluding hydrogens is 389 g/mol. The highest BCUT2D eigenvalue weighted by molar-refractivity contribution is 7.14. The van der Waals surface area contributed by atoms with Gasteiger partial charge in [0.15, 0.2) is 5.78 Å². The van der Waals surface area contributed by atoms with Gasteiger partial charge in [0.1, 0.15) is 0 Å². The molecule has 1 unspecified atom stereocenters. The van der Waals surface area contributed by atoms with Crippen molar-refractivity contribution in [2.24, 2.45) is 5.73 Å². The molecule has 1 aromatic carbocycles. The molecule has 0 aliphatic heterocycles. The van der Waals surface area contributed by atoms with Gasteiger partial charge in [-0.15, -0.1) is 11.3 Å². The van der Waals surface area contributed by atoms with Crippen LogP contribution < -0.4 is 5.73 Å². The van der Waals surface area contributed by atoms with Crippen molar-refractivity contribution in [1.29, 1.82) is 0 Å². The predicted octanol–water partition coefficient (Wildman–Crippen LogP) is 5.29. The lowest BCUT2D eigenvalue weighted by atomic mass is 9.98. The van der Waals surface area contributed by atoms with Crippen LogP contribution >= 0.6 is 34.5 Å². The van der Waals surface area contributed by atoms with E-state index < -0.39 is 5.54 Å². The lowest BCUT2D eigenvalue weighted by Gasteiger charge is -2.20. The first-order chi connectivity index (χ1) is 12.3. The molecule has 0 saturated heterocycles. The molecule has 3 nitrogen and oxygen atoms in total. The summed E-state index contributed by atoms with van der Waals surface area (Å²) in [6, 6.07) is 9.55. The summed E-state index contributed by atoms with van der Waals surface area (Å²) in [5.41, 5.74) is 6.52. The summed E-state index contributed by atoms with van der Waals surface area (Å²) < 4.78 is 0. The van der Waals surface area contributed by atoms with E-state index in [1.165, 1.54) is 11.3 Å². The molecule has 0 aliphatic carbocycles. The number of unbranched alkanes of at least 4 members (excludes halogenated alkanes) is 1. The molecule has 0 saturated carbocycles. The number of carbonyl (C=O) groups is 1. The second kappa shape index (κ2) is 9.86. The van der Waals surface area contributed by atoms with E-state index in [0.29, 0.717) is 22.9 Å². The van der Waals surface area contributed by atoms with E-state index in [4.69, 9.17) is 28.9 Å². The highest BCUT2D eigenvalue weighted by atomic mass is 35.5. The van der Waals surface area contributed by atoms with Crippen LogP contribution in [0.15, 0.2) is 30.3 Å². The molecule has 0 amide bonds. The van der Waals surface area contributed by atoms with Crippen LogP contribution in [0.4, 0.5) is 0 Å². The SMILES string of the molecule is CC(N)(CO)CCc1ccc(C(=O)CCCCc2ccc(Cl)c(Cl)c2)s1. The standard InChI is InChI=1S/C20H25Cl2NO2S/c1-20(23,13-24)11-10-15-7-9-19(26-15)18(25)5-3-2-4-14-6-8-16(21)17(22)12-14/h6-9,12,24H,2-5,10-11,13,23H2,1H3. The van der Waals surface area contributed by atoms with Crippen LogP contribution in [0.5, 0.6) is 0 Å².